The fraction of sp³-hybridized carbons (Fsp3) is 0.263. The van der Waals surface area contributed by atoms with Crippen LogP contribution < -0.4 is 10.1 Å². The highest BCUT2D eigenvalue weighted by molar-refractivity contribution is 5.89. The Balaban J connectivity index is 1.62. The van der Waals surface area contributed by atoms with Crippen LogP contribution in [-0.2, 0) is 0 Å². The number of rotatable bonds is 3. The standard InChI is InChI=1S/C19H19N3O3/c20-12-14-4-1-2-6-18(14)25-17-9-7-15(8-10-17)21-19(24)22-11-3-5-16(23)13-22/h1-2,4,6-10,16,23H,3,5,11,13H2,(H,21,24). The van der Waals surface area contributed by atoms with Crippen molar-refractivity contribution in [1.29, 1.82) is 5.26 Å². The van der Waals surface area contributed by atoms with Crippen LogP contribution in [0.3, 0.4) is 0 Å². The predicted octanol–water partition coefficient (Wildman–Crippen LogP) is 3.34. The lowest BCUT2D eigenvalue weighted by atomic mass is 10.1. The van der Waals surface area contributed by atoms with Gasteiger partial charge in [0.1, 0.15) is 17.6 Å². The van der Waals surface area contributed by atoms with Crippen molar-refractivity contribution in [3.8, 4) is 17.6 Å². The Labute approximate surface area is 146 Å². The van der Waals surface area contributed by atoms with Crippen molar-refractivity contribution in [1.82, 2.24) is 4.90 Å². The molecular formula is C19H19N3O3. The van der Waals surface area contributed by atoms with Crippen LogP contribution in [0.5, 0.6) is 11.5 Å². The van der Waals surface area contributed by atoms with Gasteiger partial charge >= 0.3 is 6.03 Å². The van der Waals surface area contributed by atoms with Gasteiger partial charge in [0.15, 0.2) is 0 Å². The first-order valence-electron chi connectivity index (χ1n) is 8.17. The molecule has 0 spiro atoms. The number of carbonyl (C=O) groups excluding carboxylic acids is 1. The second-order valence-electron chi connectivity index (χ2n) is 5.91. The average Bonchev–Trinajstić information content (AvgIpc) is 2.64. The van der Waals surface area contributed by atoms with Gasteiger partial charge in [0.2, 0.25) is 0 Å². The fourth-order valence-corrected chi connectivity index (χ4v) is 2.72. The maximum absolute atomic E-state index is 12.2. The molecular weight excluding hydrogens is 318 g/mol. The van der Waals surface area contributed by atoms with Crippen molar-refractivity contribution >= 4 is 11.7 Å². The van der Waals surface area contributed by atoms with E-state index in [0.29, 0.717) is 35.8 Å². The second-order valence-corrected chi connectivity index (χ2v) is 5.91. The summed E-state index contributed by atoms with van der Waals surface area (Å²) < 4.78 is 5.71. The van der Waals surface area contributed by atoms with E-state index in [2.05, 4.69) is 11.4 Å². The molecule has 6 heteroatoms. The van der Waals surface area contributed by atoms with Crippen molar-refractivity contribution in [3.63, 3.8) is 0 Å². The van der Waals surface area contributed by atoms with Crippen molar-refractivity contribution in [2.75, 3.05) is 18.4 Å². The van der Waals surface area contributed by atoms with E-state index in [4.69, 9.17) is 10.00 Å². The zero-order valence-electron chi connectivity index (χ0n) is 13.7. The van der Waals surface area contributed by atoms with Gasteiger partial charge in [-0.15, -0.1) is 0 Å². The van der Waals surface area contributed by atoms with E-state index in [1.165, 1.54) is 0 Å². The zero-order valence-corrected chi connectivity index (χ0v) is 13.7. The average molecular weight is 337 g/mol. The summed E-state index contributed by atoms with van der Waals surface area (Å²) in [6.45, 7) is 1.01. The van der Waals surface area contributed by atoms with E-state index < -0.39 is 6.10 Å². The Kier molecular flexibility index (Phi) is 5.17. The predicted molar refractivity (Wildman–Crippen MR) is 93.5 cm³/mol. The first-order valence-corrected chi connectivity index (χ1v) is 8.17. The summed E-state index contributed by atoms with van der Waals surface area (Å²) in [4.78, 5) is 13.8. The Morgan fingerprint density at radius 1 is 1.24 bits per heavy atom. The van der Waals surface area contributed by atoms with Crippen molar-refractivity contribution < 1.29 is 14.6 Å². The molecule has 1 atom stereocenters. The number of piperidine rings is 1. The number of anilines is 1. The fourth-order valence-electron chi connectivity index (χ4n) is 2.72. The molecule has 1 aliphatic rings. The number of nitrogens with one attached hydrogen (secondary N) is 1. The molecule has 0 radical (unpaired) electrons. The topological polar surface area (TPSA) is 85.6 Å². The quantitative estimate of drug-likeness (QED) is 0.899. The molecule has 3 rings (SSSR count). The first kappa shape index (κ1) is 16.8. The maximum atomic E-state index is 12.2. The van der Waals surface area contributed by atoms with Crippen molar-refractivity contribution in [2.45, 2.75) is 18.9 Å². The summed E-state index contributed by atoms with van der Waals surface area (Å²) >= 11 is 0. The summed E-state index contributed by atoms with van der Waals surface area (Å²) in [5, 5.41) is 21.5. The second kappa shape index (κ2) is 7.69. The van der Waals surface area contributed by atoms with Crippen molar-refractivity contribution in [3.05, 3.63) is 54.1 Å². The zero-order chi connectivity index (χ0) is 17.6. The Morgan fingerprint density at radius 3 is 2.72 bits per heavy atom. The smallest absolute Gasteiger partial charge is 0.321 e. The molecule has 0 aliphatic carbocycles. The summed E-state index contributed by atoms with van der Waals surface area (Å²) in [5.74, 6) is 1.07. The molecule has 1 heterocycles. The number of amides is 2. The highest BCUT2D eigenvalue weighted by atomic mass is 16.5. The van der Waals surface area contributed by atoms with E-state index in [0.717, 1.165) is 12.8 Å². The van der Waals surface area contributed by atoms with Crippen LogP contribution in [0.25, 0.3) is 0 Å². The lowest BCUT2D eigenvalue weighted by Gasteiger charge is -2.30. The van der Waals surface area contributed by atoms with Gasteiger partial charge in [0.05, 0.1) is 11.7 Å². The molecule has 1 aliphatic heterocycles. The number of hydrogen-bond acceptors (Lipinski definition) is 4. The highest BCUT2D eigenvalue weighted by Crippen LogP contribution is 2.26. The van der Waals surface area contributed by atoms with Gasteiger partial charge in [-0.3, -0.25) is 0 Å². The van der Waals surface area contributed by atoms with Crippen LogP contribution in [0.2, 0.25) is 0 Å². The van der Waals surface area contributed by atoms with E-state index in [1.54, 1.807) is 53.4 Å². The Hall–Kier alpha value is -3.04. The summed E-state index contributed by atoms with van der Waals surface area (Å²) in [6, 6.07) is 15.8. The van der Waals surface area contributed by atoms with Gasteiger partial charge in [-0.1, -0.05) is 12.1 Å². The monoisotopic (exact) mass is 337 g/mol. The SMILES string of the molecule is N#Cc1ccccc1Oc1ccc(NC(=O)N2CCCC(O)C2)cc1. The number of carbonyl (C=O) groups is 1. The third-order valence-electron chi connectivity index (χ3n) is 4.02. The minimum Gasteiger partial charge on any atom is -0.456 e. The molecule has 6 nitrogen and oxygen atoms in total. The van der Waals surface area contributed by atoms with Crippen LogP contribution in [0.1, 0.15) is 18.4 Å². The number of hydrogen-bond donors (Lipinski definition) is 2. The molecule has 2 N–H and O–H groups in total. The van der Waals surface area contributed by atoms with Gasteiger partial charge in [-0.05, 0) is 49.2 Å². The molecule has 128 valence electrons. The van der Waals surface area contributed by atoms with Crippen LogP contribution in [0.4, 0.5) is 10.5 Å². The number of benzene rings is 2. The molecule has 25 heavy (non-hydrogen) atoms. The van der Waals surface area contributed by atoms with Crippen molar-refractivity contribution in [2.24, 2.45) is 0 Å². The normalized spacial score (nSPS) is 16.8. The molecule has 2 aromatic rings. The number of ether oxygens (including phenoxy) is 1. The molecule has 1 saturated heterocycles. The van der Waals surface area contributed by atoms with Crippen LogP contribution in [0, 0.1) is 11.3 Å². The third-order valence-corrected chi connectivity index (χ3v) is 4.02. The van der Waals surface area contributed by atoms with Gasteiger partial charge in [-0.25, -0.2) is 4.79 Å². The molecule has 0 saturated carbocycles. The van der Waals surface area contributed by atoms with Crippen LogP contribution in [0.15, 0.2) is 48.5 Å². The largest absolute Gasteiger partial charge is 0.456 e. The summed E-state index contributed by atoms with van der Waals surface area (Å²) in [7, 11) is 0. The lowest BCUT2D eigenvalue weighted by Crippen LogP contribution is -2.44. The van der Waals surface area contributed by atoms with E-state index in [1.807, 2.05) is 0 Å². The Morgan fingerprint density at radius 2 is 2.00 bits per heavy atom. The number of para-hydroxylation sites is 1. The molecule has 2 aromatic carbocycles. The number of aliphatic hydroxyl groups excluding tert-OH is 1. The van der Waals surface area contributed by atoms with Crippen LogP contribution in [-0.4, -0.2) is 35.2 Å². The number of nitriles is 1. The minimum atomic E-state index is -0.449. The molecule has 2 amide bonds. The number of likely N-dealkylation sites (tertiary alicyclic amines) is 1. The molecule has 1 unspecified atom stereocenters. The number of nitrogens with zero attached hydrogens (tertiary/aromatic N) is 2. The van der Waals surface area contributed by atoms with Crippen LogP contribution >= 0.6 is 0 Å². The number of β-amino-alcohol motifs (C(OH)–C–C–N with tert-alkyl or cyclic N) is 1. The van der Waals surface area contributed by atoms with E-state index in [9.17, 15) is 9.90 Å². The van der Waals surface area contributed by atoms with Gasteiger partial charge < -0.3 is 20.1 Å². The summed E-state index contributed by atoms with van der Waals surface area (Å²) in [5.41, 5.74) is 1.11. The van der Waals surface area contributed by atoms with Gasteiger partial charge in [-0.2, -0.15) is 5.26 Å². The van der Waals surface area contributed by atoms with Gasteiger partial charge in [0, 0.05) is 18.8 Å². The van der Waals surface area contributed by atoms with E-state index in [-0.39, 0.29) is 6.03 Å². The first-order chi connectivity index (χ1) is 12.2. The minimum absolute atomic E-state index is 0.220. The maximum Gasteiger partial charge on any atom is 0.321 e. The molecule has 0 bridgehead atoms. The number of urea groups is 1. The molecule has 0 aromatic heterocycles. The lowest BCUT2D eigenvalue weighted by molar-refractivity contribution is 0.0883. The Bertz CT molecular complexity index is 783. The summed E-state index contributed by atoms with van der Waals surface area (Å²) in [6.07, 6.45) is 1.09. The molecule has 1 fully saturated rings. The van der Waals surface area contributed by atoms with E-state index >= 15 is 0 Å². The van der Waals surface area contributed by atoms with Gasteiger partial charge in [0.25, 0.3) is 0 Å². The third kappa shape index (κ3) is 4.28. The highest BCUT2D eigenvalue weighted by Gasteiger charge is 2.21. The number of aliphatic hydroxyl groups is 1.